The van der Waals surface area contributed by atoms with Gasteiger partial charge in [-0.05, 0) is 42.8 Å². The topological polar surface area (TPSA) is 90.1 Å². The quantitative estimate of drug-likeness (QED) is 0.423. The van der Waals surface area contributed by atoms with E-state index in [1.54, 1.807) is 51.3 Å². The van der Waals surface area contributed by atoms with E-state index in [4.69, 9.17) is 9.47 Å². The minimum absolute atomic E-state index is 0.0685. The van der Waals surface area contributed by atoms with Gasteiger partial charge >= 0.3 is 5.97 Å². The van der Waals surface area contributed by atoms with Crippen molar-refractivity contribution in [3.8, 4) is 11.5 Å². The number of rotatable bonds is 5. The molecule has 2 heterocycles. The van der Waals surface area contributed by atoms with Crippen LogP contribution in [0.4, 0.5) is 0 Å². The van der Waals surface area contributed by atoms with Crippen molar-refractivity contribution in [2.24, 2.45) is 4.99 Å². The third kappa shape index (κ3) is 3.89. The van der Waals surface area contributed by atoms with Crippen LogP contribution in [0.3, 0.4) is 0 Å². The fourth-order valence-corrected chi connectivity index (χ4v) is 5.59. The standard InChI is InChI=1S/C28H24N2O5S/c1-4-35-27(33)23-16(2)29-28-30(26(32)22(36-28)15-18-10-6-8-12-20(18)31)25(23)24-19-11-7-5-9-17(19)13-14-21(24)34-3/h5-15,25,31H,4H2,1-3H3/t25-/m0/s1. The lowest BCUT2D eigenvalue weighted by Crippen LogP contribution is -2.40. The average molecular weight is 501 g/mol. The Bertz CT molecular complexity index is 1710. The van der Waals surface area contributed by atoms with Crippen LogP contribution in [0.1, 0.15) is 31.0 Å². The molecule has 1 aliphatic rings. The summed E-state index contributed by atoms with van der Waals surface area (Å²) in [5, 5.41) is 12.1. The first-order valence-electron chi connectivity index (χ1n) is 11.5. The second-order valence-electron chi connectivity index (χ2n) is 8.26. The van der Waals surface area contributed by atoms with Gasteiger partial charge in [-0.15, -0.1) is 0 Å². The molecule has 0 unspecified atom stereocenters. The van der Waals surface area contributed by atoms with Crippen molar-refractivity contribution >= 4 is 34.2 Å². The van der Waals surface area contributed by atoms with Gasteiger partial charge in [0, 0.05) is 11.1 Å². The van der Waals surface area contributed by atoms with Crippen molar-refractivity contribution < 1.29 is 19.4 Å². The van der Waals surface area contributed by atoms with Crippen LogP contribution in [0, 0.1) is 0 Å². The summed E-state index contributed by atoms with van der Waals surface area (Å²) in [4.78, 5) is 32.2. The van der Waals surface area contributed by atoms with E-state index in [1.165, 1.54) is 15.9 Å². The molecule has 0 aliphatic carbocycles. The molecular weight excluding hydrogens is 476 g/mol. The number of carbonyl (C=O) groups excluding carboxylic acids is 1. The second-order valence-corrected chi connectivity index (χ2v) is 9.27. The number of benzene rings is 3. The summed E-state index contributed by atoms with van der Waals surface area (Å²) < 4.78 is 13.1. The van der Waals surface area contributed by atoms with Crippen molar-refractivity contribution in [3.05, 3.63) is 103 Å². The summed E-state index contributed by atoms with van der Waals surface area (Å²) in [6, 6.07) is 17.5. The summed E-state index contributed by atoms with van der Waals surface area (Å²) in [5.74, 6) is 0.0817. The highest BCUT2D eigenvalue weighted by molar-refractivity contribution is 7.07. The number of fused-ring (bicyclic) bond motifs is 2. The van der Waals surface area contributed by atoms with Gasteiger partial charge in [-0.2, -0.15) is 0 Å². The number of aromatic nitrogens is 1. The van der Waals surface area contributed by atoms with E-state index in [-0.39, 0.29) is 23.5 Å². The first-order valence-corrected chi connectivity index (χ1v) is 12.3. The first kappa shape index (κ1) is 23.6. The third-order valence-corrected chi connectivity index (χ3v) is 7.15. The minimum Gasteiger partial charge on any atom is -0.507 e. The van der Waals surface area contributed by atoms with Crippen molar-refractivity contribution in [2.45, 2.75) is 19.9 Å². The molecule has 1 atom stereocenters. The van der Waals surface area contributed by atoms with Gasteiger partial charge in [0.05, 0.1) is 29.5 Å². The Morgan fingerprint density at radius 2 is 1.89 bits per heavy atom. The number of phenolic OH excluding ortho intramolecular Hbond substituents is 1. The smallest absolute Gasteiger partial charge is 0.338 e. The maximum absolute atomic E-state index is 13.9. The fraction of sp³-hybridized carbons (Fsp3) is 0.179. The number of nitrogens with zero attached hydrogens (tertiary/aromatic N) is 2. The molecule has 0 spiro atoms. The van der Waals surface area contributed by atoms with Gasteiger partial charge in [-0.25, -0.2) is 9.79 Å². The van der Waals surface area contributed by atoms with Gasteiger partial charge in [0.25, 0.3) is 5.56 Å². The van der Waals surface area contributed by atoms with Crippen LogP contribution < -0.4 is 19.6 Å². The lowest BCUT2D eigenvalue weighted by molar-refractivity contribution is -0.139. The maximum Gasteiger partial charge on any atom is 0.338 e. The Morgan fingerprint density at radius 3 is 2.64 bits per heavy atom. The van der Waals surface area contributed by atoms with E-state index in [1.807, 2.05) is 36.4 Å². The molecule has 1 N–H and O–H groups in total. The Morgan fingerprint density at radius 1 is 1.14 bits per heavy atom. The molecule has 0 fully saturated rings. The van der Waals surface area contributed by atoms with E-state index in [0.29, 0.717) is 31.9 Å². The minimum atomic E-state index is -0.812. The fourth-order valence-electron chi connectivity index (χ4n) is 4.55. The Labute approximate surface area is 210 Å². The SMILES string of the molecule is CCOC(=O)C1=C(C)N=c2sc(=Cc3ccccc3O)c(=O)n2[C@@H]1c1c(OC)ccc2ccccc12. The van der Waals surface area contributed by atoms with Crippen LogP contribution in [0.5, 0.6) is 11.5 Å². The first-order chi connectivity index (χ1) is 17.4. The highest BCUT2D eigenvalue weighted by atomic mass is 32.1. The van der Waals surface area contributed by atoms with Crippen molar-refractivity contribution in [1.82, 2.24) is 4.57 Å². The monoisotopic (exact) mass is 500 g/mol. The predicted molar refractivity (Wildman–Crippen MR) is 139 cm³/mol. The van der Waals surface area contributed by atoms with Gasteiger partial charge in [-0.3, -0.25) is 9.36 Å². The number of methoxy groups -OCH3 is 1. The largest absolute Gasteiger partial charge is 0.507 e. The van der Waals surface area contributed by atoms with E-state index in [9.17, 15) is 14.7 Å². The van der Waals surface area contributed by atoms with E-state index in [2.05, 4.69) is 4.99 Å². The molecule has 0 saturated carbocycles. The highest BCUT2D eigenvalue weighted by Gasteiger charge is 2.36. The summed E-state index contributed by atoms with van der Waals surface area (Å²) in [7, 11) is 1.57. The molecule has 0 saturated heterocycles. The number of phenols is 1. The molecule has 36 heavy (non-hydrogen) atoms. The number of aromatic hydroxyl groups is 1. The van der Waals surface area contributed by atoms with E-state index in [0.717, 1.165) is 10.8 Å². The summed E-state index contributed by atoms with van der Waals surface area (Å²) >= 11 is 1.20. The number of carbonyl (C=O) groups is 1. The molecule has 7 nitrogen and oxygen atoms in total. The van der Waals surface area contributed by atoms with E-state index >= 15 is 0 Å². The van der Waals surface area contributed by atoms with Crippen LogP contribution in [-0.2, 0) is 9.53 Å². The average Bonchev–Trinajstić information content (AvgIpc) is 3.18. The molecule has 3 aromatic carbocycles. The van der Waals surface area contributed by atoms with Crippen molar-refractivity contribution in [2.75, 3.05) is 13.7 Å². The number of allylic oxidation sites excluding steroid dienone is 1. The molecule has 1 aliphatic heterocycles. The van der Waals surface area contributed by atoms with Gasteiger partial charge in [0.2, 0.25) is 0 Å². The van der Waals surface area contributed by atoms with Crippen LogP contribution in [0.15, 0.2) is 81.7 Å². The summed E-state index contributed by atoms with van der Waals surface area (Å²) in [6.07, 6.45) is 1.64. The molecule has 0 bridgehead atoms. The molecular formula is C28H24N2O5S. The van der Waals surface area contributed by atoms with Gasteiger partial charge in [0.1, 0.15) is 17.5 Å². The second kappa shape index (κ2) is 9.47. The third-order valence-electron chi connectivity index (χ3n) is 6.16. The molecule has 0 amide bonds. The number of hydrogen-bond donors (Lipinski definition) is 1. The lowest BCUT2D eigenvalue weighted by atomic mass is 9.90. The van der Waals surface area contributed by atoms with Crippen LogP contribution >= 0.6 is 11.3 Å². The van der Waals surface area contributed by atoms with Gasteiger partial charge < -0.3 is 14.6 Å². The van der Waals surface area contributed by atoms with Crippen molar-refractivity contribution in [1.29, 1.82) is 0 Å². The highest BCUT2D eigenvalue weighted by Crippen LogP contribution is 2.40. The molecule has 8 heteroatoms. The van der Waals surface area contributed by atoms with Gasteiger partial charge in [-0.1, -0.05) is 59.9 Å². The Kier molecular flexibility index (Phi) is 6.20. The summed E-state index contributed by atoms with van der Waals surface area (Å²) in [6.45, 7) is 3.67. The van der Waals surface area contributed by atoms with Gasteiger partial charge in [0.15, 0.2) is 4.80 Å². The Balaban J connectivity index is 1.87. The molecule has 182 valence electrons. The molecule has 0 radical (unpaired) electrons. The number of ether oxygens (including phenoxy) is 2. The maximum atomic E-state index is 13.9. The van der Waals surface area contributed by atoms with Crippen molar-refractivity contribution in [3.63, 3.8) is 0 Å². The normalized spacial score (nSPS) is 15.5. The summed E-state index contributed by atoms with van der Waals surface area (Å²) in [5.41, 5.74) is 1.64. The Hall–Kier alpha value is -4.17. The zero-order valence-electron chi connectivity index (χ0n) is 20.0. The number of esters is 1. The van der Waals surface area contributed by atoms with E-state index < -0.39 is 12.0 Å². The lowest BCUT2D eigenvalue weighted by Gasteiger charge is -2.27. The van der Waals surface area contributed by atoms with Crippen LogP contribution in [-0.4, -0.2) is 29.4 Å². The van der Waals surface area contributed by atoms with Crippen LogP contribution in [0.2, 0.25) is 0 Å². The zero-order valence-corrected chi connectivity index (χ0v) is 20.8. The zero-order chi connectivity index (χ0) is 25.4. The number of hydrogen-bond acceptors (Lipinski definition) is 7. The molecule has 1 aromatic heterocycles. The number of thiazole rings is 1. The molecule has 5 rings (SSSR count). The number of para-hydroxylation sites is 1. The predicted octanol–water partition coefficient (Wildman–Crippen LogP) is 3.67. The van der Waals surface area contributed by atoms with Crippen LogP contribution in [0.25, 0.3) is 16.8 Å². The molecule has 4 aromatic rings.